The van der Waals surface area contributed by atoms with Gasteiger partial charge in [0.2, 0.25) is 5.91 Å². The molecule has 26 heavy (non-hydrogen) atoms. The molecule has 0 aromatic heterocycles. The second-order valence-electron chi connectivity index (χ2n) is 7.07. The van der Waals surface area contributed by atoms with Crippen molar-refractivity contribution in [3.05, 3.63) is 29.8 Å². The van der Waals surface area contributed by atoms with Crippen molar-refractivity contribution in [2.75, 3.05) is 66.0 Å². The van der Waals surface area contributed by atoms with Crippen LogP contribution in [0, 0.1) is 0 Å². The first-order valence-corrected chi connectivity index (χ1v) is 9.80. The van der Waals surface area contributed by atoms with E-state index in [2.05, 4.69) is 28.1 Å². The Kier molecular flexibility index (Phi) is 6.88. The van der Waals surface area contributed by atoms with E-state index in [0.717, 1.165) is 70.2 Å². The second kappa shape index (κ2) is 9.35. The first-order valence-electron chi connectivity index (χ1n) is 9.80. The van der Waals surface area contributed by atoms with Crippen LogP contribution in [0.5, 0.6) is 5.75 Å². The Balaban J connectivity index is 1.60. The highest BCUT2D eigenvalue weighted by atomic mass is 16.5. The molecule has 144 valence electrons. The maximum atomic E-state index is 13.0. The number of rotatable bonds is 6. The van der Waals surface area contributed by atoms with Crippen molar-refractivity contribution >= 4 is 5.91 Å². The average Bonchev–Trinajstić information content (AvgIpc) is 2.72. The van der Waals surface area contributed by atoms with Crippen molar-refractivity contribution in [3.8, 4) is 5.75 Å². The molecule has 0 spiro atoms. The van der Waals surface area contributed by atoms with Gasteiger partial charge in [-0.2, -0.15) is 0 Å². The number of piperazine rings is 2. The van der Waals surface area contributed by atoms with Crippen LogP contribution < -0.4 is 10.1 Å². The van der Waals surface area contributed by atoms with E-state index in [-0.39, 0.29) is 11.9 Å². The molecule has 2 heterocycles. The van der Waals surface area contributed by atoms with Gasteiger partial charge in [0, 0.05) is 64.3 Å². The summed E-state index contributed by atoms with van der Waals surface area (Å²) in [6, 6.07) is 8.08. The summed E-state index contributed by atoms with van der Waals surface area (Å²) in [4.78, 5) is 19.9. The van der Waals surface area contributed by atoms with Crippen molar-refractivity contribution in [1.82, 2.24) is 20.0 Å². The van der Waals surface area contributed by atoms with Gasteiger partial charge in [-0.3, -0.25) is 4.79 Å². The molecule has 6 nitrogen and oxygen atoms in total. The summed E-state index contributed by atoms with van der Waals surface area (Å²) in [5, 5.41) is 3.42. The number of methoxy groups -OCH3 is 1. The van der Waals surface area contributed by atoms with Crippen LogP contribution in [0.15, 0.2) is 24.3 Å². The predicted octanol–water partition coefficient (Wildman–Crippen LogP) is 1.20. The molecule has 2 saturated heterocycles. The molecule has 1 atom stereocenters. The highest BCUT2D eigenvalue weighted by molar-refractivity contribution is 5.77. The van der Waals surface area contributed by atoms with Gasteiger partial charge in [-0.15, -0.1) is 0 Å². The number of likely N-dealkylation sites (N-methyl/N-ethyl adjacent to an activating group) is 1. The largest absolute Gasteiger partial charge is 0.496 e. The summed E-state index contributed by atoms with van der Waals surface area (Å²) in [7, 11) is 1.69. The second-order valence-corrected chi connectivity index (χ2v) is 7.07. The van der Waals surface area contributed by atoms with Crippen molar-refractivity contribution in [2.45, 2.75) is 19.4 Å². The number of nitrogens with one attached hydrogen (secondary N) is 1. The van der Waals surface area contributed by atoms with Crippen LogP contribution in [0.4, 0.5) is 0 Å². The monoisotopic (exact) mass is 360 g/mol. The number of ether oxygens (including phenoxy) is 1. The van der Waals surface area contributed by atoms with E-state index < -0.39 is 0 Å². The number of para-hydroxylation sites is 1. The minimum absolute atomic E-state index is 0.0457. The smallest absolute Gasteiger partial charge is 0.224 e. The topological polar surface area (TPSA) is 48.0 Å². The highest BCUT2D eigenvalue weighted by Gasteiger charge is 2.30. The third-order valence-corrected chi connectivity index (χ3v) is 5.62. The number of amides is 1. The number of benzene rings is 1. The van der Waals surface area contributed by atoms with Crippen LogP contribution in [-0.4, -0.2) is 86.6 Å². The fourth-order valence-electron chi connectivity index (χ4n) is 3.95. The van der Waals surface area contributed by atoms with Crippen LogP contribution in [0.2, 0.25) is 0 Å². The molecule has 1 aromatic rings. The molecule has 2 fully saturated rings. The molecular weight excluding hydrogens is 328 g/mol. The Morgan fingerprint density at radius 1 is 1.15 bits per heavy atom. The first-order chi connectivity index (χ1) is 12.7. The molecule has 1 unspecified atom stereocenters. The maximum Gasteiger partial charge on any atom is 0.224 e. The third-order valence-electron chi connectivity index (χ3n) is 5.62. The standard InChI is InChI=1S/C20H32N4O2/c1-3-22-12-14-23(15-13-22)10-8-20(25)24-11-9-21-16-18(24)17-6-4-5-7-19(17)26-2/h4-7,18,21H,3,8-16H2,1-2H3. The molecule has 0 radical (unpaired) electrons. The van der Waals surface area contributed by atoms with Crippen LogP contribution in [-0.2, 0) is 4.79 Å². The fraction of sp³-hybridized carbons (Fsp3) is 0.650. The average molecular weight is 361 g/mol. The minimum Gasteiger partial charge on any atom is -0.496 e. The summed E-state index contributed by atoms with van der Waals surface area (Å²) in [6.07, 6.45) is 0.595. The Morgan fingerprint density at radius 2 is 1.88 bits per heavy atom. The van der Waals surface area contributed by atoms with Gasteiger partial charge in [-0.1, -0.05) is 25.1 Å². The lowest BCUT2D eigenvalue weighted by Crippen LogP contribution is -2.50. The van der Waals surface area contributed by atoms with E-state index in [4.69, 9.17) is 4.74 Å². The van der Waals surface area contributed by atoms with Gasteiger partial charge in [-0.05, 0) is 12.6 Å². The Labute approximate surface area is 157 Å². The van der Waals surface area contributed by atoms with E-state index in [1.54, 1.807) is 7.11 Å². The Hall–Kier alpha value is -1.63. The molecule has 0 saturated carbocycles. The number of carbonyl (C=O) groups excluding carboxylic acids is 1. The number of nitrogens with zero attached hydrogens (tertiary/aromatic N) is 3. The first kappa shape index (κ1) is 19.1. The zero-order chi connectivity index (χ0) is 18.4. The molecule has 3 rings (SSSR count). The van der Waals surface area contributed by atoms with E-state index in [0.29, 0.717) is 6.42 Å². The van der Waals surface area contributed by atoms with Crippen LogP contribution in [0.1, 0.15) is 24.9 Å². The van der Waals surface area contributed by atoms with Gasteiger partial charge in [0.25, 0.3) is 0 Å². The molecule has 2 aliphatic rings. The zero-order valence-corrected chi connectivity index (χ0v) is 16.1. The highest BCUT2D eigenvalue weighted by Crippen LogP contribution is 2.30. The molecule has 1 N–H and O–H groups in total. The molecule has 2 aliphatic heterocycles. The number of carbonyl (C=O) groups is 1. The van der Waals surface area contributed by atoms with Crippen molar-refractivity contribution < 1.29 is 9.53 Å². The predicted molar refractivity (Wildman–Crippen MR) is 103 cm³/mol. The third kappa shape index (κ3) is 4.55. The number of hydrogen-bond donors (Lipinski definition) is 1. The summed E-state index contributed by atoms with van der Waals surface area (Å²) in [5.41, 5.74) is 1.09. The summed E-state index contributed by atoms with van der Waals surface area (Å²) >= 11 is 0. The Morgan fingerprint density at radius 3 is 2.62 bits per heavy atom. The zero-order valence-electron chi connectivity index (χ0n) is 16.1. The van der Waals surface area contributed by atoms with Gasteiger partial charge >= 0.3 is 0 Å². The summed E-state index contributed by atoms with van der Waals surface area (Å²) in [6.45, 7) is 10.9. The van der Waals surface area contributed by atoms with Crippen LogP contribution in [0.25, 0.3) is 0 Å². The summed E-state index contributed by atoms with van der Waals surface area (Å²) in [5.74, 6) is 1.11. The Bertz CT molecular complexity index is 587. The molecule has 0 aliphatic carbocycles. The lowest BCUT2D eigenvalue weighted by Gasteiger charge is -2.38. The van der Waals surface area contributed by atoms with Gasteiger partial charge in [0.15, 0.2) is 0 Å². The fourth-order valence-corrected chi connectivity index (χ4v) is 3.95. The van der Waals surface area contributed by atoms with Gasteiger partial charge in [-0.25, -0.2) is 0 Å². The molecule has 1 amide bonds. The molecule has 1 aromatic carbocycles. The number of hydrogen-bond acceptors (Lipinski definition) is 5. The quantitative estimate of drug-likeness (QED) is 0.826. The van der Waals surface area contributed by atoms with Crippen molar-refractivity contribution in [1.29, 1.82) is 0 Å². The van der Waals surface area contributed by atoms with E-state index in [1.807, 2.05) is 23.1 Å². The van der Waals surface area contributed by atoms with Crippen LogP contribution >= 0.6 is 0 Å². The van der Waals surface area contributed by atoms with E-state index in [9.17, 15) is 4.79 Å². The van der Waals surface area contributed by atoms with Crippen molar-refractivity contribution in [2.24, 2.45) is 0 Å². The SMILES string of the molecule is CCN1CCN(CCC(=O)N2CCNCC2c2ccccc2OC)CC1. The van der Waals surface area contributed by atoms with Crippen LogP contribution in [0.3, 0.4) is 0 Å². The van der Waals surface area contributed by atoms with Crippen molar-refractivity contribution in [3.63, 3.8) is 0 Å². The van der Waals surface area contributed by atoms with E-state index >= 15 is 0 Å². The lowest BCUT2D eigenvalue weighted by atomic mass is 10.0. The van der Waals surface area contributed by atoms with E-state index in [1.165, 1.54) is 0 Å². The molecule has 6 heteroatoms. The minimum atomic E-state index is 0.0457. The van der Waals surface area contributed by atoms with Gasteiger partial charge in [0.05, 0.1) is 13.2 Å². The normalized spacial score (nSPS) is 22.4. The molecular formula is C20H32N4O2. The van der Waals surface area contributed by atoms with Gasteiger partial charge in [0.1, 0.15) is 5.75 Å². The molecule has 0 bridgehead atoms. The van der Waals surface area contributed by atoms with Gasteiger partial charge < -0.3 is 24.8 Å². The maximum absolute atomic E-state index is 13.0. The summed E-state index contributed by atoms with van der Waals surface area (Å²) < 4.78 is 5.52. The lowest BCUT2D eigenvalue weighted by molar-refractivity contribution is -0.135.